The van der Waals surface area contributed by atoms with E-state index in [-0.39, 0.29) is 35.6 Å². The van der Waals surface area contributed by atoms with Gasteiger partial charge in [-0.05, 0) is 0 Å². The third-order valence-electron chi connectivity index (χ3n) is 11.1. The van der Waals surface area contributed by atoms with E-state index in [1.54, 1.807) is 22.3 Å². The van der Waals surface area contributed by atoms with Crippen LogP contribution < -0.4 is 24.8 Å². The summed E-state index contributed by atoms with van der Waals surface area (Å²) in [6.07, 6.45) is 6.54. The molecule has 0 N–H and O–H groups in total. The smallest absolute Gasteiger partial charge is 1.00 e. The van der Waals surface area contributed by atoms with Crippen LogP contribution in [0.15, 0.2) is 96.1 Å². The van der Waals surface area contributed by atoms with Gasteiger partial charge in [0.05, 0.1) is 0 Å². The molecule has 2 aliphatic carbocycles. The summed E-state index contributed by atoms with van der Waals surface area (Å²) in [5.41, 5.74) is 18.1. The first-order chi connectivity index (χ1) is 20.9. The van der Waals surface area contributed by atoms with E-state index in [4.69, 9.17) is 0 Å². The van der Waals surface area contributed by atoms with Crippen LogP contribution in [0.25, 0.3) is 34.4 Å². The van der Waals surface area contributed by atoms with Crippen LogP contribution in [0.1, 0.15) is 104 Å². The Hall–Kier alpha value is -2.35. The van der Waals surface area contributed by atoms with E-state index in [0.717, 1.165) is 0 Å². The van der Waals surface area contributed by atoms with Crippen molar-refractivity contribution in [3.8, 4) is 22.3 Å². The summed E-state index contributed by atoms with van der Waals surface area (Å²) in [5, 5.41) is 0. The minimum atomic E-state index is -2.45. The molecule has 0 radical (unpaired) electrons. The molecule has 2 atom stereocenters. The van der Waals surface area contributed by atoms with Gasteiger partial charge in [-0.3, -0.25) is 0 Å². The van der Waals surface area contributed by atoms with Crippen LogP contribution in [0, 0.1) is 0 Å². The van der Waals surface area contributed by atoms with Crippen LogP contribution in [0.3, 0.4) is 0 Å². The second-order valence-electron chi connectivity index (χ2n) is 16.0. The van der Waals surface area contributed by atoms with Gasteiger partial charge in [0.2, 0.25) is 0 Å². The Labute approximate surface area is 294 Å². The molecule has 0 aromatic heterocycles. The molecule has 1 saturated heterocycles. The largest absolute Gasteiger partial charge is 1.00 e. The first kappa shape index (κ1) is 35.0. The summed E-state index contributed by atoms with van der Waals surface area (Å²) in [7, 11) is 0. The van der Waals surface area contributed by atoms with Crippen molar-refractivity contribution in [1.29, 1.82) is 0 Å². The Balaban J connectivity index is 0.00000208. The Morgan fingerprint density at radius 2 is 0.891 bits per heavy atom. The molecule has 0 bridgehead atoms. The van der Waals surface area contributed by atoms with Gasteiger partial charge in [0, 0.05) is 0 Å². The van der Waals surface area contributed by atoms with E-state index < -0.39 is 16.6 Å². The first-order valence-electron chi connectivity index (χ1n) is 16.7. The van der Waals surface area contributed by atoms with Crippen molar-refractivity contribution in [1.82, 2.24) is 0 Å². The summed E-state index contributed by atoms with van der Waals surface area (Å²) in [6, 6.07) is 33.1. The standard InChI is InChI=1S/2C20H21.C3H6.2ClH.Ti/c2*1-14-12-16-6-5-7-18(19(16)13-14)15-8-10-17(11-9-15)20(2,3)4;1-3-2;;;/h2*5-13H,1-4H3;1-3H2;2*1H;/q;;;;;+2/p-2. The fourth-order valence-electron chi connectivity index (χ4n) is 8.76. The van der Waals surface area contributed by atoms with Crippen LogP contribution in [0.5, 0.6) is 0 Å². The maximum absolute atomic E-state index is 2.57. The minimum Gasteiger partial charge on any atom is -1.00 e. The van der Waals surface area contributed by atoms with E-state index in [0.29, 0.717) is 8.45 Å². The Morgan fingerprint density at radius 3 is 1.20 bits per heavy atom. The molecule has 0 nitrogen and oxygen atoms in total. The molecule has 1 aliphatic heterocycles. The molecule has 1 fully saturated rings. The van der Waals surface area contributed by atoms with Crippen molar-refractivity contribution in [2.45, 2.75) is 90.5 Å². The third-order valence-corrected chi connectivity index (χ3v) is 21.1. The summed E-state index contributed by atoms with van der Waals surface area (Å²) in [6.45, 7) is 18.7. The van der Waals surface area contributed by atoms with Crippen molar-refractivity contribution in [2.75, 3.05) is 0 Å². The Morgan fingerprint density at radius 1 is 0.522 bits per heavy atom. The van der Waals surface area contributed by atoms with Crippen molar-refractivity contribution >= 4 is 12.2 Å². The van der Waals surface area contributed by atoms with Gasteiger partial charge in [0.1, 0.15) is 0 Å². The second-order valence-corrected chi connectivity index (χ2v) is 23.2. The molecule has 3 heteroatoms. The summed E-state index contributed by atoms with van der Waals surface area (Å²) in [4.78, 5) is 0. The quantitative estimate of drug-likeness (QED) is 0.212. The molecule has 4 aromatic rings. The van der Waals surface area contributed by atoms with Gasteiger partial charge in [-0.15, -0.1) is 0 Å². The number of benzene rings is 4. The van der Waals surface area contributed by atoms with Crippen LogP contribution in [0.2, 0.25) is 9.45 Å². The van der Waals surface area contributed by atoms with Crippen LogP contribution >= 0.6 is 0 Å². The molecule has 2 unspecified atom stereocenters. The van der Waals surface area contributed by atoms with Crippen molar-refractivity contribution in [3.05, 3.63) is 129 Å². The average molecular weight is 684 g/mol. The fourth-order valence-corrected chi connectivity index (χ4v) is 18.7. The monoisotopic (exact) mass is 682 g/mol. The molecule has 238 valence electrons. The van der Waals surface area contributed by atoms with E-state index >= 15 is 0 Å². The zero-order valence-electron chi connectivity index (χ0n) is 28.8. The number of hydrogen-bond donors (Lipinski definition) is 0. The predicted molar refractivity (Wildman–Crippen MR) is 188 cm³/mol. The van der Waals surface area contributed by atoms with Crippen molar-refractivity contribution < 1.29 is 41.4 Å². The number of allylic oxidation sites excluding steroid dienone is 2. The molecule has 1 heterocycles. The third kappa shape index (κ3) is 5.73. The van der Waals surface area contributed by atoms with E-state index in [2.05, 4.69) is 152 Å². The Kier molecular flexibility index (Phi) is 9.58. The van der Waals surface area contributed by atoms with Crippen molar-refractivity contribution in [2.24, 2.45) is 0 Å². The van der Waals surface area contributed by atoms with Crippen LogP contribution in [-0.4, -0.2) is 0 Å². The SMILES string of the molecule is CC1=Cc2c(-c3ccc(C(C)(C)C)cc3)cccc2[CH]1[Ti+2]1([CH]2C(C)=Cc3c(-c4ccc(C(C)(C)C)cc4)cccc32)[CH2]C[CH2]1.[Cl-].[Cl-]. The molecule has 0 spiro atoms. The normalized spacial score (nSPS) is 18.9. The minimum absolute atomic E-state index is 0. The van der Waals surface area contributed by atoms with Gasteiger partial charge in [-0.1, -0.05) is 0 Å². The van der Waals surface area contributed by atoms with Gasteiger partial charge < -0.3 is 24.8 Å². The fraction of sp³-hybridized carbons (Fsp3) is 0.349. The molecule has 7 rings (SSSR count). The van der Waals surface area contributed by atoms with Crippen LogP contribution in [0.4, 0.5) is 0 Å². The van der Waals surface area contributed by atoms with E-state index in [9.17, 15) is 0 Å². The number of fused-ring (bicyclic) bond motifs is 2. The summed E-state index contributed by atoms with van der Waals surface area (Å²) < 4.78 is 4.22. The maximum Gasteiger partial charge on any atom is -1.00 e. The van der Waals surface area contributed by atoms with Gasteiger partial charge in [-0.25, -0.2) is 0 Å². The predicted octanol–water partition coefficient (Wildman–Crippen LogP) is 6.63. The van der Waals surface area contributed by atoms with Gasteiger partial charge in [0.15, 0.2) is 0 Å². The van der Waals surface area contributed by atoms with Gasteiger partial charge >= 0.3 is 271 Å². The first-order valence-corrected chi connectivity index (χ1v) is 20.7. The van der Waals surface area contributed by atoms with Crippen molar-refractivity contribution in [3.63, 3.8) is 0 Å². The molecule has 0 amide bonds. The van der Waals surface area contributed by atoms with Crippen LogP contribution in [-0.2, 0) is 27.4 Å². The number of hydrogen-bond acceptors (Lipinski definition) is 0. The average Bonchev–Trinajstić information content (AvgIpc) is 3.48. The summed E-state index contributed by atoms with van der Waals surface area (Å²) >= 11 is -2.45. The number of halogens is 2. The molecule has 3 aliphatic rings. The maximum atomic E-state index is 2.57. The van der Waals surface area contributed by atoms with E-state index in [1.807, 2.05) is 0 Å². The second kappa shape index (κ2) is 12.6. The van der Waals surface area contributed by atoms with Gasteiger partial charge in [0.25, 0.3) is 0 Å². The zero-order chi connectivity index (χ0) is 31.0. The molecule has 46 heavy (non-hydrogen) atoms. The zero-order valence-corrected chi connectivity index (χ0v) is 31.8. The molecular weight excluding hydrogens is 635 g/mol. The summed E-state index contributed by atoms with van der Waals surface area (Å²) in [5.74, 6) is 0. The Bertz CT molecular complexity index is 1680. The van der Waals surface area contributed by atoms with Gasteiger partial charge in [-0.2, -0.15) is 0 Å². The molecule has 4 aromatic carbocycles. The topological polar surface area (TPSA) is 0 Å². The molecule has 0 saturated carbocycles. The molecular formula is C43H48Cl2Ti. The van der Waals surface area contributed by atoms with E-state index in [1.165, 1.54) is 60.4 Å². The number of rotatable bonds is 4.